The maximum atomic E-state index is 12.6. The minimum atomic E-state index is -3.08. The molecule has 4 rings (SSSR count). The molecule has 0 spiro atoms. The van der Waals surface area contributed by atoms with Gasteiger partial charge in [0.1, 0.15) is 5.15 Å². The molecule has 1 saturated heterocycles. The molecule has 2 aliphatic heterocycles. The first-order chi connectivity index (χ1) is 15.2. The van der Waals surface area contributed by atoms with E-state index in [1.807, 2.05) is 24.3 Å². The van der Waals surface area contributed by atoms with Crippen molar-refractivity contribution in [1.29, 1.82) is 0 Å². The van der Waals surface area contributed by atoms with Crippen molar-refractivity contribution in [3.05, 3.63) is 52.3 Å². The van der Waals surface area contributed by atoms with E-state index in [0.29, 0.717) is 24.2 Å². The molecule has 2 aromatic rings. The molecule has 0 radical (unpaired) electrons. The number of anilines is 1. The van der Waals surface area contributed by atoms with E-state index >= 15 is 0 Å². The Labute approximate surface area is 191 Å². The third-order valence-electron chi connectivity index (χ3n) is 5.76. The molecule has 0 saturated carbocycles. The minimum absolute atomic E-state index is 0.000770. The van der Waals surface area contributed by atoms with Gasteiger partial charge in [-0.25, -0.2) is 17.9 Å². The minimum Gasteiger partial charge on any atom is -0.452 e. The summed E-state index contributed by atoms with van der Waals surface area (Å²) in [6.45, 7) is 1.96. The summed E-state index contributed by atoms with van der Waals surface area (Å²) in [6.07, 6.45) is 4.91. The van der Waals surface area contributed by atoms with Crippen LogP contribution in [0.4, 0.5) is 5.69 Å². The van der Waals surface area contributed by atoms with Gasteiger partial charge in [0.05, 0.1) is 23.2 Å². The Balaban J connectivity index is 1.38. The van der Waals surface area contributed by atoms with Gasteiger partial charge in [-0.05, 0) is 43.9 Å². The molecule has 1 fully saturated rings. The smallest absolute Gasteiger partial charge is 0.331 e. The molecular formula is C22H24ClN3O5S. The summed E-state index contributed by atoms with van der Waals surface area (Å²) in [4.78, 5) is 26.4. The highest BCUT2D eigenvalue weighted by Crippen LogP contribution is 2.30. The van der Waals surface area contributed by atoms with E-state index in [0.717, 1.165) is 24.1 Å². The predicted octanol–water partition coefficient (Wildman–Crippen LogP) is 2.74. The van der Waals surface area contributed by atoms with Gasteiger partial charge in [0.2, 0.25) is 0 Å². The summed E-state index contributed by atoms with van der Waals surface area (Å²) in [5.74, 6) is -0.834. The van der Waals surface area contributed by atoms with Crippen LogP contribution >= 0.6 is 11.6 Å². The number of nitrogens with zero attached hydrogens (tertiary/aromatic N) is 3. The second-order valence-corrected chi connectivity index (χ2v) is 10.6. The van der Waals surface area contributed by atoms with E-state index in [4.69, 9.17) is 16.3 Å². The van der Waals surface area contributed by atoms with Gasteiger partial charge < -0.3 is 9.64 Å². The molecule has 0 unspecified atom stereocenters. The van der Waals surface area contributed by atoms with Crippen LogP contribution < -0.4 is 4.90 Å². The second kappa shape index (κ2) is 9.07. The van der Waals surface area contributed by atoms with Gasteiger partial charge in [0.25, 0.3) is 5.91 Å². The number of aryl methyl sites for hydroxylation is 2. The second-order valence-electron chi connectivity index (χ2n) is 8.01. The van der Waals surface area contributed by atoms with Gasteiger partial charge in [-0.15, -0.1) is 0 Å². The molecule has 0 aliphatic carbocycles. The number of esters is 1. The number of hydrogen-bond donors (Lipinski definition) is 0. The van der Waals surface area contributed by atoms with Gasteiger partial charge in [-0.3, -0.25) is 4.79 Å². The quantitative estimate of drug-likeness (QED) is 0.485. The lowest BCUT2D eigenvalue weighted by molar-refractivity contribution is -0.142. The number of para-hydroxylation sites is 1. The fourth-order valence-corrected chi connectivity index (χ4v) is 6.20. The molecule has 0 N–H and O–H groups in total. The number of carbonyl (C=O) groups is 2. The van der Waals surface area contributed by atoms with Crippen LogP contribution in [0.5, 0.6) is 0 Å². The van der Waals surface area contributed by atoms with Gasteiger partial charge in [-0.1, -0.05) is 29.8 Å². The molecule has 10 heteroatoms. The Morgan fingerprint density at radius 1 is 1.31 bits per heavy atom. The average molecular weight is 478 g/mol. The maximum absolute atomic E-state index is 12.6. The first-order valence-corrected chi connectivity index (χ1v) is 12.6. The molecule has 2 aliphatic rings. The van der Waals surface area contributed by atoms with Crippen molar-refractivity contribution in [3.63, 3.8) is 0 Å². The Morgan fingerprint density at radius 2 is 2.09 bits per heavy atom. The molecule has 32 heavy (non-hydrogen) atoms. The molecule has 3 heterocycles. The fourth-order valence-electron chi connectivity index (χ4n) is 4.13. The average Bonchev–Trinajstić information content (AvgIpc) is 3.27. The largest absolute Gasteiger partial charge is 0.452 e. The van der Waals surface area contributed by atoms with E-state index in [1.165, 1.54) is 16.8 Å². The first kappa shape index (κ1) is 22.5. The number of halogens is 1. The summed E-state index contributed by atoms with van der Waals surface area (Å²) < 4.78 is 30.1. The lowest BCUT2D eigenvalue weighted by Crippen LogP contribution is -2.38. The summed E-state index contributed by atoms with van der Waals surface area (Å²) in [6, 6.07) is 7.40. The van der Waals surface area contributed by atoms with E-state index in [-0.39, 0.29) is 35.2 Å². The van der Waals surface area contributed by atoms with Crippen LogP contribution in [0, 0.1) is 6.92 Å². The topological polar surface area (TPSA) is 98.6 Å². The monoisotopic (exact) mass is 477 g/mol. The molecule has 8 nitrogen and oxygen atoms in total. The molecule has 1 amide bonds. The van der Waals surface area contributed by atoms with Crippen molar-refractivity contribution in [2.24, 2.45) is 0 Å². The molecule has 170 valence electrons. The van der Waals surface area contributed by atoms with Gasteiger partial charge >= 0.3 is 5.97 Å². The number of amides is 1. The Hall–Kier alpha value is -2.65. The number of aromatic nitrogens is 2. The van der Waals surface area contributed by atoms with Crippen LogP contribution in [0.3, 0.4) is 0 Å². The number of carbonyl (C=O) groups excluding carboxylic acids is 2. The third kappa shape index (κ3) is 4.73. The Kier molecular flexibility index (Phi) is 6.39. The van der Waals surface area contributed by atoms with Gasteiger partial charge in [0, 0.05) is 23.9 Å². The molecule has 1 atom stereocenters. The normalized spacial score (nSPS) is 19.8. The van der Waals surface area contributed by atoms with Crippen molar-refractivity contribution in [2.75, 3.05) is 29.6 Å². The number of hydrogen-bond acceptors (Lipinski definition) is 6. The van der Waals surface area contributed by atoms with Crippen molar-refractivity contribution >= 4 is 45.1 Å². The summed E-state index contributed by atoms with van der Waals surface area (Å²) >= 11 is 6.40. The predicted molar refractivity (Wildman–Crippen MR) is 121 cm³/mol. The zero-order valence-corrected chi connectivity index (χ0v) is 19.2. The highest BCUT2D eigenvalue weighted by atomic mass is 35.5. The molecular weight excluding hydrogens is 454 g/mol. The highest BCUT2D eigenvalue weighted by Gasteiger charge is 2.31. The van der Waals surface area contributed by atoms with Crippen molar-refractivity contribution in [1.82, 2.24) is 9.78 Å². The van der Waals surface area contributed by atoms with Crippen LogP contribution in [0.15, 0.2) is 30.3 Å². The zero-order chi connectivity index (χ0) is 22.9. The van der Waals surface area contributed by atoms with Crippen LogP contribution in [0.2, 0.25) is 5.15 Å². The van der Waals surface area contributed by atoms with E-state index < -0.39 is 15.8 Å². The number of ether oxygens (including phenoxy) is 1. The Morgan fingerprint density at radius 3 is 2.84 bits per heavy atom. The standard InChI is InChI=1S/C22H24ClN3O5S/c1-15-18(22(23)26(24-15)17-10-12-32(29,30)14-17)8-9-21(28)31-13-20(27)25-11-4-6-16-5-2-3-7-19(16)25/h2-3,5,7-9,17H,4,6,10-14H2,1H3/b9-8+/t17-/m1/s1. The number of sulfone groups is 1. The van der Waals surface area contributed by atoms with Crippen molar-refractivity contribution in [3.8, 4) is 0 Å². The van der Waals surface area contributed by atoms with Gasteiger partial charge in [-0.2, -0.15) is 5.10 Å². The molecule has 1 aromatic heterocycles. The van der Waals surface area contributed by atoms with E-state index in [1.54, 1.807) is 11.8 Å². The first-order valence-electron chi connectivity index (χ1n) is 10.4. The molecule has 0 bridgehead atoms. The lowest BCUT2D eigenvalue weighted by atomic mass is 10.0. The SMILES string of the molecule is Cc1nn([C@@H]2CCS(=O)(=O)C2)c(Cl)c1/C=C/C(=O)OCC(=O)N1CCCc2ccccc21. The summed E-state index contributed by atoms with van der Waals surface area (Å²) in [7, 11) is -3.08. The third-order valence-corrected chi connectivity index (χ3v) is 7.89. The van der Waals surface area contributed by atoms with Gasteiger partial charge in [0.15, 0.2) is 16.4 Å². The highest BCUT2D eigenvalue weighted by molar-refractivity contribution is 7.91. The zero-order valence-electron chi connectivity index (χ0n) is 17.7. The fraction of sp³-hybridized carbons (Fsp3) is 0.409. The Bertz CT molecular complexity index is 1190. The van der Waals surface area contributed by atoms with E-state index in [9.17, 15) is 18.0 Å². The number of benzene rings is 1. The van der Waals surface area contributed by atoms with Crippen LogP contribution in [-0.2, 0) is 30.6 Å². The van der Waals surface area contributed by atoms with Crippen LogP contribution in [0.25, 0.3) is 6.08 Å². The van der Waals surface area contributed by atoms with Crippen LogP contribution in [-0.4, -0.2) is 54.7 Å². The van der Waals surface area contributed by atoms with Crippen molar-refractivity contribution in [2.45, 2.75) is 32.2 Å². The van der Waals surface area contributed by atoms with E-state index in [2.05, 4.69) is 5.10 Å². The van der Waals surface area contributed by atoms with Crippen LogP contribution in [0.1, 0.15) is 35.7 Å². The van der Waals surface area contributed by atoms with Crippen molar-refractivity contribution < 1.29 is 22.7 Å². The maximum Gasteiger partial charge on any atom is 0.331 e. The summed E-state index contributed by atoms with van der Waals surface area (Å²) in [5, 5.41) is 4.62. The number of fused-ring (bicyclic) bond motifs is 1. The summed E-state index contributed by atoms with van der Waals surface area (Å²) in [5.41, 5.74) is 3.06. The molecule has 1 aromatic carbocycles. The lowest BCUT2D eigenvalue weighted by Gasteiger charge is -2.29. The number of rotatable bonds is 5.